The summed E-state index contributed by atoms with van der Waals surface area (Å²) in [5.41, 5.74) is 1.00. The maximum Gasteiger partial charge on any atom is 0.451 e. The lowest BCUT2D eigenvalue weighted by Gasteiger charge is -2.08. The number of halogens is 3. The minimum absolute atomic E-state index is 0.0402. The topological polar surface area (TPSA) is 86.1 Å². The first-order valence-electron chi connectivity index (χ1n) is 7.72. The number of esters is 1. The van der Waals surface area contributed by atoms with Gasteiger partial charge in [-0.25, -0.2) is 4.79 Å². The normalized spacial score (nSPS) is 11.5. The van der Waals surface area contributed by atoms with Crippen LogP contribution in [0.2, 0.25) is 0 Å². The molecule has 1 amide bonds. The Hall–Kier alpha value is -2.08. The molecule has 2 aromatic heterocycles. The summed E-state index contributed by atoms with van der Waals surface area (Å²) in [5, 5.41) is 9.48. The summed E-state index contributed by atoms with van der Waals surface area (Å²) in [6, 6.07) is 0. The van der Waals surface area contributed by atoms with E-state index < -0.39 is 23.9 Å². The zero-order valence-electron chi connectivity index (χ0n) is 14.9. The number of amides is 1. The van der Waals surface area contributed by atoms with Gasteiger partial charge < -0.3 is 14.6 Å². The molecule has 2 aromatic rings. The largest absolute Gasteiger partial charge is 0.462 e. The molecule has 0 aliphatic carbocycles. The molecule has 0 bridgehead atoms. The first-order chi connectivity index (χ1) is 12.6. The molecular weight excluding hydrogens is 405 g/mol. The Kier molecular flexibility index (Phi) is 6.52. The number of nitrogens with zero attached hydrogens (tertiary/aromatic N) is 3. The third kappa shape index (κ3) is 4.80. The van der Waals surface area contributed by atoms with Crippen LogP contribution in [-0.4, -0.2) is 39.0 Å². The highest BCUT2D eigenvalue weighted by Crippen LogP contribution is 2.33. The van der Waals surface area contributed by atoms with Crippen molar-refractivity contribution in [2.45, 2.75) is 32.1 Å². The number of hydrogen-bond acceptors (Lipinski definition) is 7. The number of thiophene rings is 1. The van der Waals surface area contributed by atoms with Gasteiger partial charge in [0.05, 0.1) is 17.9 Å². The van der Waals surface area contributed by atoms with E-state index in [4.69, 9.17) is 4.74 Å². The van der Waals surface area contributed by atoms with Crippen molar-refractivity contribution < 1.29 is 27.5 Å². The van der Waals surface area contributed by atoms with Gasteiger partial charge in [0, 0.05) is 11.9 Å². The van der Waals surface area contributed by atoms with E-state index in [1.54, 1.807) is 13.8 Å². The second kappa shape index (κ2) is 8.30. The molecule has 0 saturated heterocycles. The van der Waals surface area contributed by atoms with E-state index in [-0.39, 0.29) is 23.1 Å². The lowest BCUT2D eigenvalue weighted by Crippen LogP contribution is -2.17. The highest BCUT2D eigenvalue weighted by molar-refractivity contribution is 7.99. The van der Waals surface area contributed by atoms with Gasteiger partial charge in [0.15, 0.2) is 5.16 Å². The molecule has 7 nitrogen and oxygen atoms in total. The van der Waals surface area contributed by atoms with E-state index >= 15 is 0 Å². The van der Waals surface area contributed by atoms with Crippen LogP contribution in [0.1, 0.15) is 33.5 Å². The van der Waals surface area contributed by atoms with Crippen molar-refractivity contribution in [3.05, 3.63) is 21.8 Å². The van der Waals surface area contributed by atoms with Crippen molar-refractivity contribution in [3.8, 4) is 0 Å². The van der Waals surface area contributed by atoms with Gasteiger partial charge in [-0.1, -0.05) is 11.8 Å². The van der Waals surface area contributed by atoms with Crippen LogP contribution in [-0.2, 0) is 22.8 Å². The maximum absolute atomic E-state index is 12.7. The van der Waals surface area contributed by atoms with Crippen molar-refractivity contribution in [2.75, 3.05) is 17.7 Å². The van der Waals surface area contributed by atoms with Crippen molar-refractivity contribution in [1.82, 2.24) is 14.8 Å². The van der Waals surface area contributed by atoms with Crippen LogP contribution in [0, 0.1) is 13.8 Å². The molecule has 0 unspecified atom stereocenters. The van der Waals surface area contributed by atoms with Crippen molar-refractivity contribution in [2.24, 2.45) is 7.05 Å². The molecule has 0 aromatic carbocycles. The number of carbonyl (C=O) groups is 2. The quantitative estimate of drug-likeness (QED) is 0.567. The Morgan fingerprint density at radius 2 is 1.96 bits per heavy atom. The first kappa shape index (κ1) is 21.2. The number of aromatic nitrogens is 3. The minimum Gasteiger partial charge on any atom is -0.462 e. The van der Waals surface area contributed by atoms with Gasteiger partial charge in [0.2, 0.25) is 11.7 Å². The smallest absolute Gasteiger partial charge is 0.451 e. The van der Waals surface area contributed by atoms with E-state index in [2.05, 4.69) is 15.5 Å². The number of alkyl halides is 3. The maximum atomic E-state index is 12.7. The van der Waals surface area contributed by atoms with Crippen LogP contribution < -0.4 is 5.32 Å². The molecule has 0 saturated carbocycles. The summed E-state index contributed by atoms with van der Waals surface area (Å²) in [6.07, 6.45) is -4.62. The number of rotatable bonds is 6. The summed E-state index contributed by atoms with van der Waals surface area (Å²) >= 11 is 2.04. The van der Waals surface area contributed by atoms with Crippen LogP contribution >= 0.6 is 23.1 Å². The molecule has 1 N–H and O–H groups in total. The molecule has 0 atom stereocenters. The molecule has 0 spiro atoms. The number of ether oxygens (including phenoxy) is 1. The summed E-state index contributed by atoms with van der Waals surface area (Å²) < 4.78 is 43.9. The van der Waals surface area contributed by atoms with Crippen LogP contribution in [0.3, 0.4) is 0 Å². The average Bonchev–Trinajstić information content (AvgIpc) is 3.06. The van der Waals surface area contributed by atoms with Crippen LogP contribution in [0.15, 0.2) is 5.16 Å². The number of thioether (sulfide) groups is 1. The van der Waals surface area contributed by atoms with Gasteiger partial charge >= 0.3 is 12.1 Å². The number of hydrogen-bond donors (Lipinski definition) is 1. The molecule has 2 rings (SSSR count). The molecule has 0 aliphatic heterocycles. The fourth-order valence-corrected chi connectivity index (χ4v) is 3.92. The zero-order chi connectivity index (χ0) is 20.4. The Bertz CT molecular complexity index is 861. The number of nitrogens with one attached hydrogen (secondary N) is 1. The lowest BCUT2D eigenvalue weighted by atomic mass is 10.1. The van der Waals surface area contributed by atoms with E-state index in [9.17, 15) is 22.8 Å². The van der Waals surface area contributed by atoms with Gasteiger partial charge in [0.1, 0.15) is 5.00 Å². The predicted molar refractivity (Wildman–Crippen MR) is 95.1 cm³/mol. The number of aryl methyl sites for hydroxylation is 1. The SMILES string of the molecule is CCOC(=O)c1c(NC(=O)CSc2nnc(C(F)(F)F)n2C)sc(C)c1C. The lowest BCUT2D eigenvalue weighted by molar-refractivity contribution is -0.147. The van der Waals surface area contributed by atoms with E-state index in [1.807, 2.05) is 6.92 Å². The van der Waals surface area contributed by atoms with Gasteiger partial charge in [-0.3, -0.25) is 4.79 Å². The molecule has 148 valence electrons. The molecule has 0 radical (unpaired) electrons. The molecular formula is C15H17F3N4O3S2. The van der Waals surface area contributed by atoms with Crippen molar-refractivity contribution in [3.63, 3.8) is 0 Å². The molecule has 27 heavy (non-hydrogen) atoms. The highest BCUT2D eigenvalue weighted by Gasteiger charge is 2.37. The number of anilines is 1. The van der Waals surface area contributed by atoms with Gasteiger partial charge in [-0.05, 0) is 26.3 Å². The third-order valence-corrected chi connectivity index (χ3v) is 5.68. The molecule has 12 heteroatoms. The number of carbonyl (C=O) groups excluding carboxylic acids is 2. The van der Waals surface area contributed by atoms with Crippen LogP contribution in [0.5, 0.6) is 0 Å². The minimum atomic E-state index is -4.62. The fraction of sp³-hybridized carbons (Fsp3) is 0.467. The van der Waals surface area contributed by atoms with Crippen LogP contribution in [0.25, 0.3) is 0 Å². The molecule has 0 fully saturated rings. The third-order valence-electron chi connectivity index (χ3n) is 3.54. The van der Waals surface area contributed by atoms with E-state index in [1.165, 1.54) is 18.4 Å². The summed E-state index contributed by atoms with van der Waals surface area (Å²) in [4.78, 5) is 25.1. The van der Waals surface area contributed by atoms with Gasteiger partial charge in [0.25, 0.3) is 0 Å². The Morgan fingerprint density at radius 1 is 1.30 bits per heavy atom. The zero-order valence-corrected chi connectivity index (χ0v) is 16.6. The average molecular weight is 422 g/mol. The molecule has 2 heterocycles. The molecule has 0 aliphatic rings. The fourth-order valence-electron chi connectivity index (χ4n) is 2.14. The standard InChI is InChI=1S/C15H17F3N4O3S2/c1-5-25-12(24)10-7(2)8(3)27-11(10)19-9(23)6-26-14-21-20-13(22(14)4)15(16,17)18/h5-6H2,1-4H3,(H,19,23). The Labute approximate surface area is 161 Å². The first-order valence-corrected chi connectivity index (χ1v) is 9.52. The summed E-state index contributed by atoms with van der Waals surface area (Å²) in [5.74, 6) is -2.35. The summed E-state index contributed by atoms with van der Waals surface area (Å²) in [7, 11) is 1.17. The highest BCUT2D eigenvalue weighted by atomic mass is 32.2. The second-order valence-corrected chi connectivity index (χ2v) is 7.57. The second-order valence-electron chi connectivity index (χ2n) is 5.41. The van der Waals surface area contributed by atoms with Crippen LogP contribution in [0.4, 0.5) is 18.2 Å². The predicted octanol–water partition coefficient (Wildman–Crippen LogP) is 3.42. The van der Waals surface area contributed by atoms with E-state index in [0.717, 1.165) is 21.2 Å². The van der Waals surface area contributed by atoms with E-state index in [0.29, 0.717) is 10.6 Å². The summed E-state index contributed by atoms with van der Waals surface area (Å²) in [6.45, 7) is 5.44. The van der Waals surface area contributed by atoms with Gasteiger partial charge in [-0.15, -0.1) is 21.5 Å². The Morgan fingerprint density at radius 3 is 2.52 bits per heavy atom. The monoisotopic (exact) mass is 422 g/mol. The van der Waals surface area contributed by atoms with Crippen molar-refractivity contribution >= 4 is 40.0 Å². The Balaban J connectivity index is 2.08. The van der Waals surface area contributed by atoms with Crippen molar-refractivity contribution in [1.29, 1.82) is 0 Å². The van der Waals surface area contributed by atoms with Gasteiger partial charge in [-0.2, -0.15) is 13.2 Å².